The normalized spacial score (nSPS) is 12.6. The molecule has 17 heteroatoms. The molecule has 424 valence electrons. The lowest BCUT2D eigenvalue weighted by molar-refractivity contribution is -0.0000600. The lowest BCUT2D eigenvalue weighted by atomic mass is 9.87. The quantitative estimate of drug-likeness (QED) is 0.0225. The molecule has 15 nitrogen and oxygen atoms in total. The van der Waals surface area contributed by atoms with E-state index in [-0.39, 0.29) is 23.1 Å². The maximum absolute atomic E-state index is 11.7. The molecule has 7 rings (SSSR count). The van der Waals surface area contributed by atoms with Crippen molar-refractivity contribution < 1.29 is 50.3 Å². The van der Waals surface area contributed by atoms with Crippen molar-refractivity contribution in [2.45, 2.75) is 130 Å². The van der Waals surface area contributed by atoms with Crippen LogP contribution in [0.2, 0.25) is 0 Å². The number of hydrogen-bond donors (Lipinski definition) is 2. The molecule has 2 aliphatic carbocycles. The average molecular weight is 1160 g/mol. The van der Waals surface area contributed by atoms with Crippen LogP contribution >= 0.6 is 7.26 Å². The van der Waals surface area contributed by atoms with Gasteiger partial charge < -0.3 is 51.3 Å². The fraction of sp³-hybridized carbons (Fsp3) is 0.452. The van der Waals surface area contributed by atoms with Crippen LogP contribution in [0.1, 0.15) is 121 Å². The van der Waals surface area contributed by atoms with Gasteiger partial charge in [0.2, 0.25) is 0 Å². The van der Waals surface area contributed by atoms with Crippen molar-refractivity contribution in [2.75, 3.05) is 52.7 Å². The number of rotatable bonds is 22. The second-order valence-corrected chi connectivity index (χ2v) is 24.6. The lowest BCUT2D eigenvalue weighted by Gasteiger charge is -2.27. The van der Waals surface area contributed by atoms with Gasteiger partial charge >= 0.3 is 12.2 Å². The minimum absolute atomic E-state index is 0. The Morgan fingerprint density at radius 1 is 0.570 bits per heavy atom. The summed E-state index contributed by atoms with van der Waals surface area (Å²) in [5.74, 6) is 2.86. The zero-order chi connectivity index (χ0) is 56.1. The number of fused-ring (bicyclic) bond motifs is 2. The van der Waals surface area contributed by atoms with E-state index in [1.807, 2.05) is 59.7 Å². The van der Waals surface area contributed by atoms with Crippen molar-refractivity contribution in [3.8, 4) is 17.2 Å². The van der Waals surface area contributed by atoms with E-state index in [1.54, 1.807) is 7.11 Å². The Balaban J connectivity index is 0.000000255. The summed E-state index contributed by atoms with van der Waals surface area (Å²) in [6.45, 7) is 14.3. The van der Waals surface area contributed by atoms with Crippen molar-refractivity contribution in [3.63, 3.8) is 0 Å². The van der Waals surface area contributed by atoms with E-state index < -0.39 is 24.6 Å². The van der Waals surface area contributed by atoms with Crippen LogP contribution in [0.25, 0.3) is 27.0 Å². The second kappa shape index (κ2) is 34.3. The van der Waals surface area contributed by atoms with Crippen molar-refractivity contribution in [2.24, 2.45) is 10.2 Å². The van der Waals surface area contributed by atoms with Gasteiger partial charge in [-0.25, -0.2) is 9.59 Å². The van der Waals surface area contributed by atoms with Crippen LogP contribution in [0.3, 0.4) is 0 Å². The molecule has 0 bridgehead atoms. The van der Waals surface area contributed by atoms with E-state index >= 15 is 0 Å². The number of nitrogens with zero attached hydrogens (tertiary/aromatic N) is 6. The highest BCUT2D eigenvalue weighted by atomic mass is 79.9. The van der Waals surface area contributed by atoms with E-state index in [1.165, 1.54) is 69.4 Å². The van der Waals surface area contributed by atoms with Crippen LogP contribution in [0, 0.1) is 0 Å². The third-order valence-corrected chi connectivity index (χ3v) is 17.4. The number of amides is 2. The standard InChI is InChI=1S/C22H32N4O3.C21H21N3P.C19H29NO4.BrH/c1-22(2,3)29-21(27)24-14-8-16-28-20-13-12-17(9-6-7-15-25-26-23)18-10-4-5-11-19(18)20;22-24-23-17-10-18-25(19-11-4-1-5-12-19,20-13-6-2-7-14-20)21-15-8-3-9-16-21;1-19(2,3)24-18(21)20-12-7-13-23-17-11-10-16(22-4)14-8-5-6-9-15(14)17;/h6,9,12-13H,4-5,7-8,10-11,14-16H2,1-3H3,(H,24,27);1-9,11-16H,10,17-18H2;10-11H,5-9,12-13H2,1-4H3,(H,20,21);1H/q;+1;;/p-1/b9-6+;;;. The molecule has 0 heterocycles. The zero-order valence-corrected chi connectivity index (χ0v) is 49.9. The summed E-state index contributed by atoms with van der Waals surface area (Å²) in [5.41, 5.74) is 22.4. The van der Waals surface area contributed by atoms with Gasteiger partial charge in [-0.2, -0.15) is 0 Å². The Labute approximate surface area is 480 Å². The highest BCUT2D eigenvalue weighted by Gasteiger charge is 2.44. The predicted molar refractivity (Wildman–Crippen MR) is 318 cm³/mol. The molecule has 0 atom stereocenters. The molecule has 0 saturated carbocycles. The fourth-order valence-electron chi connectivity index (χ4n) is 9.49. The van der Waals surface area contributed by atoms with Gasteiger partial charge in [-0.3, -0.25) is 0 Å². The number of carbonyl (C=O) groups excluding carboxylic acids is 2. The highest BCUT2D eigenvalue weighted by Crippen LogP contribution is 2.55. The molecule has 2 aliphatic rings. The Morgan fingerprint density at radius 3 is 1.42 bits per heavy atom. The molecular weight excluding hydrogens is 1080 g/mol. The minimum Gasteiger partial charge on any atom is -1.00 e. The number of azide groups is 2. The third kappa shape index (κ3) is 21.8. The number of hydrogen-bond acceptors (Lipinski definition) is 9. The zero-order valence-electron chi connectivity index (χ0n) is 47.4. The Kier molecular flexibility index (Phi) is 28.2. The maximum Gasteiger partial charge on any atom is 0.407 e. The predicted octanol–water partition coefficient (Wildman–Crippen LogP) is 11.1. The van der Waals surface area contributed by atoms with Crippen molar-refractivity contribution in [1.29, 1.82) is 0 Å². The first-order valence-electron chi connectivity index (χ1n) is 27.4. The summed E-state index contributed by atoms with van der Waals surface area (Å²) in [6, 6.07) is 40.4. The van der Waals surface area contributed by atoms with Gasteiger partial charge in [0.25, 0.3) is 0 Å². The first-order valence-corrected chi connectivity index (χ1v) is 29.4. The molecule has 0 unspecified atom stereocenters. The van der Waals surface area contributed by atoms with Crippen LogP contribution < -0.4 is 57.7 Å². The molecule has 0 radical (unpaired) electrons. The summed E-state index contributed by atoms with van der Waals surface area (Å²) in [7, 11) is -0.0614. The van der Waals surface area contributed by atoms with Crippen molar-refractivity contribution in [3.05, 3.63) is 170 Å². The minimum atomic E-state index is -1.78. The molecule has 2 amide bonds. The molecule has 0 fully saturated rings. The van der Waals surface area contributed by atoms with Gasteiger partial charge in [0.05, 0.1) is 26.5 Å². The van der Waals surface area contributed by atoms with E-state index in [0.29, 0.717) is 39.4 Å². The molecule has 79 heavy (non-hydrogen) atoms. The highest BCUT2D eigenvalue weighted by molar-refractivity contribution is 7.95. The molecule has 5 aromatic rings. The van der Waals surface area contributed by atoms with Gasteiger partial charge in [-0.05, 0) is 201 Å². The summed E-state index contributed by atoms with van der Waals surface area (Å²) in [4.78, 5) is 28.9. The van der Waals surface area contributed by atoms with Gasteiger partial charge in [-0.1, -0.05) is 83.0 Å². The first-order chi connectivity index (χ1) is 37.7. The van der Waals surface area contributed by atoms with Gasteiger partial charge in [0.15, 0.2) is 0 Å². The van der Waals surface area contributed by atoms with Crippen LogP contribution in [-0.2, 0) is 35.2 Å². The Morgan fingerprint density at radius 2 is 0.975 bits per heavy atom. The SMILES string of the molecule is CC(C)(C)OC(=O)NCCCOc1ccc(/C=C/CCN=[N+]=[N-])c2c1CCCC2.COc1ccc(OCCCNC(=O)OC(C)(C)C)c2c1CCCC2.[Br-].[N-]=[N+]=NCCC[P+](c1ccccc1)(c1ccccc1)c1ccccc1. The molecule has 0 aromatic heterocycles. The van der Waals surface area contributed by atoms with Crippen LogP contribution in [0.15, 0.2) is 132 Å². The van der Waals surface area contributed by atoms with E-state index in [0.717, 1.165) is 74.8 Å². The number of alkyl carbamates (subject to hydrolysis) is 2. The lowest BCUT2D eigenvalue weighted by Crippen LogP contribution is -3.00. The summed E-state index contributed by atoms with van der Waals surface area (Å²) in [6.07, 6.45) is 16.4. The third-order valence-electron chi connectivity index (χ3n) is 12.9. The molecule has 0 aliphatic heterocycles. The number of halogens is 1. The monoisotopic (exact) mass is 1160 g/mol. The average Bonchev–Trinajstić information content (AvgIpc) is 3.49. The second-order valence-electron chi connectivity index (χ2n) is 21.0. The molecule has 0 spiro atoms. The summed E-state index contributed by atoms with van der Waals surface area (Å²) < 4.78 is 27.8. The number of ether oxygens (including phenoxy) is 5. The molecule has 5 aromatic carbocycles. The Bertz CT molecular complexity index is 2660. The molecule has 2 N–H and O–H groups in total. The van der Waals surface area contributed by atoms with E-state index in [2.05, 4.69) is 140 Å². The van der Waals surface area contributed by atoms with E-state index in [4.69, 9.17) is 34.7 Å². The fourth-order valence-corrected chi connectivity index (χ4v) is 13.8. The van der Waals surface area contributed by atoms with Gasteiger partial charge in [-0.15, -0.1) is 0 Å². The number of nitrogens with one attached hydrogen (secondary N) is 2. The summed E-state index contributed by atoms with van der Waals surface area (Å²) >= 11 is 0. The smallest absolute Gasteiger partial charge is 0.407 e. The van der Waals surface area contributed by atoms with Crippen LogP contribution in [0.5, 0.6) is 17.2 Å². The number of methoxy groups -OCH3 is 1. The van der Waals surface area contributed by atoms with E-state index in [9.17, 15) is 9.59 Å². The van der Waals surface area contributed by atoms with Crippen molar-refractivity contribution >= 4 is 41.4 Å². The first kappa shape index (κ1) is 64.8. The largest absolute Gasteiger partial charge is 1.00 e. The van der Waals surface area contributed by atoms with Gasteiger partial charge in [0.1, 0.15) is 51.6 Å². The maximum atomic E-state index is 11.7. The summed E-state index contributed by atoms with van der Waals surface area (Å²) in [5, 5.41) is 16.9. The topological polar surface area (TPSA) is 202 Å². The number of carbonyl (C=O) groups is 2. The van der Waals surface area contributed by atoms with Gasteiger partial charge in [0, 0.05) is 47.1 Å². The van der Waals surface area contributed by atoms with Crippen LogP contribution in [-0.4, -0.2) is 76.1 Å². The van der Waals surface area contributed by atoms with Crippen LogP contribution in [0.4, 0.5) is 9.59 Å². The molecule has 0 saturated heterocycles. The number of benzene rings is 5. The molecular formula is C62H82BrN8O7P. The van der Waals surface area contributed by atoms with Crippen molar-refractivity contribution in [1.82, 2.24) is 10.6 Å². The Hall–Kier alpha value is -6.69.